The van der Waals surface area contributed by atoms with Crippen LogP contribution >= 0.6 is 0 Å². The lowest BCUT2D eigenvalue weighted by atomic mass is 9.96. The van der Waals surface area contributed by atoms with E-state index in [2.05, 4.69) is 37.2 Å². The summed E-state index contributed by atoms with van der Waals surface area (Å²) >= 11 is 0. The first-order valence-electron chi connectivity index (χ1n) is 21.9. The highest BCUT2D eigenvalue weighted by Crippen LogP contribution is 2.15. The van der Waals surface area contributed by atoms with E-state index in [0.29, 0.717) is 24.8 Å². The Morgan fingerprint density at radius 3 is 2.04 bits per heavy atom. The predicted molar refractivity (Wildman–Crippen MR) is 242 cm³/mol. The number of carbonyl (C=O) groups is 11. The number of amides is 11. The number of primary amides is 3. The lowest BCUT2D eigenvalue weighted by Gasteiger charge is -2.29. The Balaban J connectivity index is 2.58. The number of carbonyl (C=O) groups excluding carboxylic acids is 11. The topological polar surface area (TPSA) is 391 Å². The molecule has 8 atom stereocenters. The van der Waals surface area contributed by atoms with E-state index < -0.39 is 150 Å². The maximum atomic E-state index is 14.0. The van der Waals surface area contributed by atoms with Gasteiger partial charge in [-0.1, -0.05) is 52.2 Å². The lowest BCUT2D eigenvalue weighted by molar-refractivity contribution is -0.140. The van der Waals surface area contributed by atoms with E-state index in [1.807, 2.05) is 6.92 Å². The standard InChI is InChI=1S/C42H65N11O13S/c1-5-7-8-26(37(60)46-21-33(45)57)47-35(59)22-53(4)42(65)28-15-17-67(66)18-16-34(58)48-29(19-24-9-11-25(54)12-10-24)40(63)52-36(23(3)6-2)41(64)49-27(13-14-31(43)55)38(61)51-30(20-32(44)56)39(62)50-28/h9-12,23,26-30,36,54H,5-8,13-22H2,1-4H3,(H2,43,55)(H2,44,56)(H2,45,57)(H,46,60)(H,47,59)(H,48,58)(H,49,64)(H,50,62)(H,51,61)(H,52,63)/t23-,26-,27-,28-,29-,30-,36-,67?/m0/s1. The summed E-state index contributed by atoms with van der Waals surface area (Å²) in [4.78, 5) is 145. The Labute approximate surface area is 390 Å². The van der Waals surface area contributed by atoms with Crippen molar-refractivity contribution < 1.29 is 62.1 Å². The fourth-order valence-electron chi connectivity index (χ4n) is 6.66. The van der Waals surface area contributed by atoms with Gasteiger partial charge in [-0.05, 0) is 42.9 Å². The SMILES string of the molecule is CCCC[C@H](NC(=O)CN(C)C(=O)[C@@H]1CCS(=O)CCC(=O)N[C@@H](Cc2ccc(O)cc2)C(=O)N[C@@H]([C@@H](C)CC)C(=O)N[C@@H](CCC(N)=O)C(=O)N[C@@H](CC(N)=O)C(=O)N1)C(=O)NCC(N)=O. The van der Waals surface area contributed by atoms with Crippen LogP contribution in [0.3, 0.4) is 0 Å². The number of hydrogen-bond acceptors (Lipinski definition) is 13. The highest BCUT2D eigenvalue weighted by atomic mass is 32.2. The Morgan fingerprint density at radius 1 is 0.821 bits per heavy atom. The molecule has 24 nitrogen and oxygen atoms in total. The number of unbranched alkanes of at least 4 members (excludes halogenated alkanes) is 1. The molecule has 1 heterocycles. The number of phenolic OH excluding ortho intramolecular Hbond substituents is 1. The number of nitrogens with one attached hydrogen (secondary N) is 7. The molecule has 0 saturated carbocycles. The van der Waals surface area contributed by atoms with Crippen LogP contribution in [0, 0.1) is 5.92 Å². The molecule has 1 aromatic rings. The average Bonchev–Trinajstić information content (AvgIpc) is 3.26. The quantitative estimate of drug-likeness (QED) is 0.0628. The first-order chi connectivity index (χ1) is 31.5. The second-order valence-electron chi connectivity index (χ2n) is 16.2. The minimum atomic E-state index is -1.86. The molecule has 2 rings (SSSR count). The summed E-state index contributed by atoms with van der Waals surface area (Å²) in [6, 6.07) is -2.96. The monoisotopic (exact) mass is 963 g/mol. The molecule has 0 aromatic heterocycles. The number of benzene rings is 1. The van der Waals surface area contributed by atoms with Gasteiger partial charge in [0.1, 0.15) is 42.0 Å². The summed E-state index contributed by atoms with van der Waals surface area (Å²) in [6.45, 7) is 4.06. The van der Waals surface area contributed by atoms with Crippen LogP contribution in [0.2, 0.25) is 0 Å². The van der Waals surface area contributed by atoms with Crippen molar-refractivity contribution in [1.82, 2.24) is 42.1 Å². The molecule has 0 bridgehead atoms. The Bertz CT molecular complexity index is 1990. The van der Waals surface area contributed by atoms with E-state index in [1.54, 1.807) is 13.8 Å². The predicted octanol–water partition coefficient (Wildman–Crippen LogP) is -4.18. The van der Waals surface area contributed by atoms with E-state index in [-0.39, 0.29) is 42.9 Å². The summed E-state index contributed by atoms with van der Waals surface area (Å²) in [5, 5.41) is 27.1. The minimum absolute atomic E-state index is 0.0578. The molecule has 0 radical (unpaired) electrons. The summed E-state index contributed by atoms with van der Waals surface area (Å²) in [7, 11) is -0.660. The zero-order valence-electron chi connectivity index (χ0n) is 38.2. The molecule has 1 aliphatic heterocycles. The average molecular weight is 964 g/mol. The van der Waals surface area contributed by atoms with E-state index in [0.717, 1.165) is 4.90 Å². The number of nitrogens with two attached hydrogens (primary N) is 3. The van der Waals surface area contributed by atoms with Gasteiger partial charge in [0.15, 0.2) is 0 Å². The number of likely N-dealkylation sites (N-methyl/N-ethyl adjacent to an activating group) is 1. The van der Waals surface area contributed by atoms with Crippen LogP contribution in [0.1, 0.15) is 84.1 Å². The fraction of sp³-hybridized carbons (Fsp3) is 0.595. The third-order valence-electron chi connectivity index (χ3n) is 10.7. The molecule has 0 spiro atoms. The van der Waals surface area contributed by atoms with E-state index in [9.17, 15) is 62.1 Å². The lowest BCUT2D eigenvalue weighted by Crippen LogP contribution is -2.61. The summed E-state index contributed by atoms with van der Waals surface area (Å²) in [5.41, 5.74) is 16.5. The second-order valence-corrected chi connectivity index (χ2v) is 17.9. The largest absolute Gasteiger partial charge is 0.508 e. The van der Waals surface area contributed by atoms with Gasteiger partial charge in [0, 0.05) is 48.6 Å². The molecule has 25 heteroatoms. The van der Waals surface area contributed by atoms with E-state index in [4.69, 9.17) is 17.2 Å². The molecule has 1 aliphatic rings. The zero-order valence-corrected chi connectivity index (χ0v) is 39.0. The summed E-state index contributed by atoms with van der Waals surface area (Å²) < 4.78 is 13.4. The first-order valence-corrected chi connectivity index (χ1v) is 23.3. The van der Waals surface area contributed by atoms with Crippen molar-refractivity contribution in [2.75, 3.05) is 31.6 Å². The van der Waals surface area contributed by atoms with Crippen LogP contribution in [0.4, 0.5) is 0 Å². The van der Waals surface area contributed by atoms with Crippen molar-refractivity contribution in [1.29, 1.82) is 0 Å². The Kier molecular flexibility index (Phi) is 23.9. The highest BCUT2D eigenvalue weighted by molar-refractivity contribution is 7.85. The number of nitrogens with zero attached hydrogens (tertiary/aromatic N) is 1. The van der Waals surface area contributed by atoms with Crippen LogP contribution < -0.4 is 54.4 Å². The van der Waals surface area contributed by atoms with Crippen LogP contribution in [0.15, 0.2) is 24.3 Å². The Hall–Kier alpha value is -6.66. The van der Waals surface area contributed by atoms with Crippen molar-refractivity contribution in [2.24, 2.45) is 23.1 Å². The zero-order chi connectivity index (χ0) is 50.4. The number of aromatic hydroxyl groups is 1. The molecular weight excluding hydrogens is 899 g/mol. The van der Waals surface area contributed by atoms with Crippen LogP contribution in [0.5, 0.6) is 5.75 Å². The van der Waals surface area contributed by atoms with Crippen molar-refractivity contribution >= 4 is 75.8 Å². The molecule has 14 N–H and O–H groups in total. The second kappa shape index (κ2) is 28.4. The molecule has 1 saturated heterocycles. The van der Waals surface area contributed by atoms with Gasteiger partial charge in [-0.2, -0.15) is 0 Å². The molecular formula is C42H65N11O13S. The maximum absolute atomic E-state index is 14.0. The number of hydrogen-bond donors (Lipinski definition) is 11. The van der Waals surface area contributed by atoms with Crippen molar-refractivity contribution in [3.8, 4) is 5.75 Å². The van der Waals surface area contributed by atoms with Crippen molar-refractivity contribution in [3.63, 3.8) is 0 Å². The van der Waals surface area contributed by atoms with E-state index >= 15 is 0 Å². The minimum Gasteiger partial charge on any atom is -0.508 e. The normalized spacial score (nSPS) is 22.2. The number of rotatable bonds is 19. The van der Waals surface area contributed by atoms with Gasteiger partial charge in [-0.25, -0.2) is 0 Å². The van der Waals surface area contributed by atoms with Gasteiger partial charge in [-0.15, -0.1) is 0 Å². The molecule has 1 aromatic carbocycles. The fourth-order valence-corrected chi connectivity index (χ4v) is 7.78. The van der Waals surface area contributed by atoms with Gasteiger partial charge >= 0.3 is 0 Å². The van der Waals surface area contributed by atoms with Crippen LogP contribution in [0.25, 0.3) is 0 Å². The molecule has 1 unspecified atom stereocenters. The van der Waals surface area contributed by atoms with Gasteiger partial charge < -0.3 is 64.4 Å². The smallest absolute Gasteiger partial charge is 0.245 e. The van der Waals surface area contributed by atoms with Crippen LogP contribution in [-0.2, 0) is 70.0 Å². The van der Waals surface area contributed by atoms with Gasteiger partial charge in [-0.3, -0.25) is 56.9 Å². The third-order valence-corrected chi connectivity index (χ3v) is 12.0. The number of phenols is 1. The molecule has 1 fully saturated rings. The molecule has 11 amide bonds. The highest BCUT2D eigenvalue weighted by Gasteiger charge is 2.36. The summed E-state index contributed by atoms with van der Waals surface area (Å²) in [5.74, 6) is -11.1. The Morgan fingerprint density at radius 2 is 1.45 bits per heavy atom. The van der Waals surface area contributed by atoms with E-state index in [1.165, 1.54) is 31.3 Å². The van der Waals surface area contributed by atoms with Crippen molar-refractivity contribution in [3.05, 3.63) is 29.8 Å². The van der Waals surface area contributed by atoms with Gasteiger partial charge in [0.2, 0.25) is 65.0 Å². The third kappa shape index (κ3) is 20.6. The van der Waals surface area contributed by atoms with Gasteiger partial charge in [0.25, 0.3) is 0 Å². The van der Waals surface area contributed by atoms with Crippen molar-refractivity contribution in [2.45, 2.75) is 121 Å². The van der Waals surface area contributed by atoms with Gasteiger partial charge in [0.05, 0.1) is 19.5 Å². The van der Waals surface area contributed by atoms with Crippen LogP contribution in [-0.4, -0.2) is 147 Å². The first kappa shape index (κ1) is 56.5. The molecule has 67 heavy (non-hydrogen) atoms. The summed E-state index contributed by atoms with van der Waals surface area (Å²) in [6.07, 6.45) is -0.905. The molecule has 0 aliphatic carbocycles. The molecule has 372 valence electrons. The maximum Gasteiger partial charge on any atom is 0.245 e.